The van der Waals surface area contributed by atoms with Gasteiger partial charge in [0.05, 0.1) is 15.6 Å². The van der Waals surface area contributed by atoms with E-state index in [2.05, 4.69) is 4.90 Å². The molecule has 0 spiro atoms. The number of hydrogen-bond donors (Lipinski definition) is 0. The van der Waals surface area contributed by atoms with Crippen LogP contribution in [0.25, 0.3) is 0 Å². The van der Waals surface area contributed by atoms with E-state index in [0.29, 0.717) is 0 Å². The Labute approximate surface area is 84.1 Å². The van der Waals surface area contributed by atoms with Gasteiger partial charge in [-0.3, -0.25) is 4.90 Å². The standard InChI is InChI=1S/C10H21NOSi/c13-10(6-2-5-9-12-10)11-7-3-1-4-8-11/h1-9H2,13H3. The van der Waals surface area contributed by atoms with E-state index in [1.54, 1.807) is 0 Å². The van der Waals surface area contributed by atoms with Crippen molar-refractivity contribution < 1.29 is 4.74 Å². The molecule has 0 bridgehead atoms. The van der Waals surface area contributed by atoms with Crippen molar-refractivity contribution >= 4 is 10.2 Å². The van der Waals surface area contributed by atoms with Gasteiger partial charge in [-0.2, -0.15) is 0 Å². The highest BCUT2D eigenvalue weighted by Crippen LogP contribution is 2.28. The smallest absolute Gasteiger partial charge is 0.0970 e. The van der Waals surface area contributed by atoms with Gasteiger partial charge >= 0.3 is 0 Å². The Morgan fingerprint density at radius 3 is 2.38 bits per heavy atom. The molecule has 0 aromatic carbocycles. The van der Waals surface area contributed by atoms with Gasteiger partial charge in [-0.25, -0.2) is 0 Å². The molecule has 2 rings (SSSR count). The summed E-state index contributed by atoms with van der Waals surface area (Å²) in [6, 6.07) is 0. The number of likely N-dealkylation sites (tertiary alicyclic amines) is 1. The number of ether oxygens (including phenoxy) is 1. The van der Waals surface area contributed by atoms with Crippen molar-refractivity contribution in [2.75, 3.05) is 19.7 Å². The maximum absolute atomic E-state index is 5.99. The van der Waals surface area contributed by atoms with E-state index in [4.69, 9.17) is 4.74 Å². The highest BCUT2D eigenvalue weighted by Gasteiger charge is 2.34. The normalized spacial score (nSPS) is 37.8. The van der Waals surface area contributed by atoms with Crippen LogP contribution in [0.3, 0.4) is 0 Å². The lowest BCUT2D eigenvalue weighted by Gasteiger charge is -2.45. The minimum Gasteiger partial charge on any atom is -0.365 e. The van der Waals surface area contributed by atoms with Crippen LogP contribution < -0.4 is 0 Å². The maximum atomic E-state index is 5.99. The Hall–Kier alpha value is 0.137. The van der Waals surface area contributed by atoms with Gasteiger partial charge < -0.3 is 4.74 Å². The molecule has 0 aromatic rings. The maximum Gasteiger partial charge on any atom is 0.0970 e. The van der Waals surface area contributed by atoms with Crippen molar-refractivity contribution in [1.29, 1.82) is 0 Å². The Morgan fingerprint density at radius 1 is 1.00 bits per heavy atom. The molecule has 0 saturated carbocycles. The van der Waals surface area contributed by atoms with Gasteiger partial charge in [0.15, 0.2) is 0 Å². The lowest BCUT2D eigenvalue weighted by Crippen LogP contribution is -2.54. The third-order valence-electron chi connectivity index (χ3n) is 3.47. The number of piperidine rings is 1. The first-order valence-corrected chi connectivity index (χ1v) is 6.70. The average Bonchev–Trinajstić information content (AvgIpc) is 2.20. The van der Waals surface area contributed by atoms with Crippen molar-refractivity contribution in [3.8, 4) is 0 Å². The summed E-state index contributed by atoms with van der Waals surface area (Å²) < 4.78 is 5.99. The van der Waals surface area contributed by atoms with E-state index < -0.39 is 0 Å². The monoisotopic (exact) mass is 199 g/mol. The minimum atomic E-state index is 0.221. The third-order valence-corrected chi connectivity index (χ3v) is 4.89. The fourth-order valence-corrected chi connectivity index (χ4v) is 3.54. The topological polar surface area (TPSA) is 12.5 Å². The molecule has 1 unspecified atom stereocenters. The molecular weight excluding hydrogens is 178 g/mol. The first-order valence-electron chi connectivity index (χ1n) is 5.70. The highest BCUT2D eigenvalue weighted by molar-refractivity contribution is 6.14. The molecule has 2 fully saturated rings. The van der Waals surface area contributed by atoms with Crippen molar-refractivity contribution in [3.05, 3.63) is 0 Å². The Balaban J connectivity index is 1.94. The molecule has 2 aliphatic rings. The van der Waals surface area contributed by atoms with Crippen LogP contribution in [-0.4, -0.2) is 40.2 Å². The van der Waals surface area contributed by atoms with Gasteiger partial charge in [0.1, 0.15) is 0 Å². The number of rotatable bonds is 1. The van der Waals surface area contributed by atoms with Crippen molar-refractivity contribution in [1.82, 2.24) is 4.90 Å². The molecule has 0 aromatic heterocycles. The summed E-state index contributed by atoms with van der Waals surface area (Å²) in [5, 5.41) is 0.221. The fraction of sp³-hybridized carbons (Fsp3) is 1.00. The molecule has 1 atom stereocenters. The van der Waals surface area contributed by atoms with E-state index >= 15 is 0 Å². The Kier molecular flexibility index (Phi) is 3.06. The molecule has 0 aliphatic carbocycles. The molecule has 3 heteroatoms. The molecular formula is C10H21NOSi. The van der Waals surface area contributed by atoms with Gasteiger partial charge in [0.25, 0.3) is 0 Å². The Morgan fingerprint density at radius 2 is 1.77 bits per heavy atom. The van der Waals surface area contributed by atoms with Crippen LogP contribution >= 0.6 is 0 Å². The lowest BCUT2D eigenvalue weighted by atomic mass is 10.1. The summed E-state index contributed by atoms with van der Waals surface area (Å²) in [6.45, 7) is 3.56. The first-order chi connectivity index (χ1) is 6.31. The van der Waals surface area contributed by atoms with E-state index in [1.165, 1.54) is 61.9 Å². The molecule has 2 aliphatic heterocycles. The van der Waals surface area contributed by atoms with Gasteiger partial charge in [0, 0.05) is 19.7 Å². The summed E-state index contributed by atoms with van der Waals surface area (Å²) >= 11 is 0. The average molecular weight is 199 g/mol. The molecule has 76 valence electrons. The van der Waals surface area contributed by atoms with Gasteiger partial charge in [-0.15, -0.1) is 0 Å². The summed E-state index contributed by atoms with van der Waals surface area (Å²) in [5.74, 6) is 0. The largest absolute Gasteiger partial charge is 0.365 e. The molecule has 0 amide bonds. The van der Waals surface area contributed by atoms with Crippen LogP contribution in [-0.2, 0) is 4.74 Å². The van der Waals surface area contributed by atoms with E-state index in [9.17, 15) is 0 Å². The predicted molar refractivity (Wildman–Crippen MR) is 57.9 cm³/mol. The second-order valence-electron chi connectivity index (χ2n) is 4.53. The van der Waals surface area contributed by atoms with Crippen LogP contribution in [0.1, 0.15) is 38.5 Å². The number of nitrogens with zero attached hydrogens (tertiary/aromatic N) is 1. The van der Waals surface area contributed by atoms with Crippen LogP contribution in [0.4, 0.5) is 0 Å². The predicted octanol–water partition coefficient (Wildman–Crippen LogP) is 0.692. The third kappa shape index (κ3) is 2.14. The van der Waals surface area contributed by atoms with Gasteiger partial charge in [-0.05, 0) is 32.1 Å². The summed E-state index contributed by atoms with van der Waals surface area (Å²) in [4.78, 5) is 2.61. The zero-order chi connectivity index (χ0) is 9.15. The van der Waals surface area contributed by atoms with Crippen LogP contribution in [0, 0.1) is 0 Å². The van der Waals surface area contributed by atoms with Crippen molar-refractivity contribution in [2.24, 2.45) is 0 Å². The lowest BCUT2D eigenvalue weighted by molar-refractivity contribution is -0.126. The number of hydrogen-bond acceptors (Lipinski definition) is 2. The highest BCUT2D eigenvalue weighted by atomic mass is 28.1. The van der Waals surface area contributed by atoms with Gasteiger partial charge in [-0.1, -0.05) is 6.42 Å². The zero-order valence-electron chi connectivity index (χ0n) is 8.72. The van der Waals surface area contributed by atoms with E-state index in [0.717, 1.165) is 6.61 Å². The van der Waals surface area contributed by atoms with Crippen LogP contribution in [0.15, 0.2) is 0 Å². The van der Waals surface area contributed by atoms with Crippen molar-refractivity contribution in [3.63, 3.8) is 0 Å². The van der Waals surface area contributed by atoms with Crippen LogP contribution in [0.2, 0.25) is 0 Å². The second kappa shape index (κ2) is 4.11. The molecule has 0 N–H and O–H groups in total. The minimum absolute atomic E-state index is 0.221. The zero-order valence-corrected chi connectivity index (χ0v) is 10.7. The SMILES string of the molecule is [SiH3]C1(N2CCCCC2)CCCCO1. The summed E-state index contributed by atoms with van der Waals surface area (Å²) in [6.07, 6.45) is 8.13. The summed E-state index contributed by atoms with van der Waals surface area (Å²) in [5.41, 5.74) is 0. The molecule has 13 heavy (non-hydrogen) atoms. The van der Waals surface area contributed by atoms with E-state index in [1.807, 2.05) is 0 Å². The summed E-state index contributed by atoms with van der Waals surface area (Å²) in [7, 11) is 1.17. The second-order valence-corrected chi connectivity index (χ2v) is 6.09. The quantitative estimate of drug-likeness (QED) is 0.576. The molecule has 0 radical (unpaired) electrons. The fourth-order valence-electron chi connectivity index (χ4n) is 2.54. The van der Waals surface area contributed by atoms with Gasteiger partial charge in [0.2, 0.25) is 0 Å². The van der Waals surface area contributed by atoms with Crippen LogP contribution in [0.5, 0.6) is 0 Å². The van der Waals surface area contributed by atoms with E-state index in [-0.39, 0.29) is 5.35 Å². The van der Waals surface area contributed by atoms with Crippen molar-refractivity contribution in [2.45, 2.75) is 43.9 Å². The molecule has 2 heterocycles. The Bertz CT molecular complexity index is 162. The first kappa shape index (κ1) is 9.68. The molecule has 2 nitrogen and oxygen atoms in total. The molecule has 2 saturated heterocycles.